The van der Waals surface area contributed by atoms with E-state index in [1.54, 1.807) is 6.92 Å². The van der Waals surface area contributed by atoms with E-state index in [1.165, 1.54) is 14.2 Å². The number of methoxy groups -OCH3 is 1. The molecule has 0 fully saturated rings. The van der Waals surface area contributed by atoms with Crippen LogP contribution < -0.4 is 0 Å². The fourth-order valence-corrected chi connectivity index (χ4v) is 2.91. The minimum atomic E-state index is -3.93. The molecule has 1 unspecified atom stereocenters. The summed E-state index contributed by atoms with van der Waals surface area (Å²) in [6, 6.07) is 2.02. The van der Waals surface area contributed by atoms with Gasteiger partial charge in [-0.3, -0.25) is 10.1 Å². The van der Waals surface area contributed by atoms with Gasteiger partial charge in [0.1, 0.15) is 0 Å². The van der Waals surface area contributed by atoms with Crippen LogP contribution in [0.25, 0.3) is 0 Å². The summed E-state index contributed by atoms with van der Waals surface area (Å²) < 4.78 is 43.8. The van der Waals surface area contributed by atoms with Crippen molar-refractivity contribution >= 4 is 15.7 Å². The Bertz CT molecular complexity index is 605. The molecule has 0 radical (unpaired) electrons. The lowest BCUT2D eigenvalue weighted by molar-refractivity contribution is -0.387. The van der Waals surface area contributed by atoms with Crippen LogP contribution in [0.1, 0.15) is 6.92 Å². The molecular formula is C11H15FN2O5S. The van der Waals surface area contributed by atoms with Crippen molar-refractivity contribution in [3.8, 4) is 0 Å². The van der Waals surface area contributed by atoms with Gasteiger partial charge >= 0.3 is 5.69 Å². The van der Waals surface area contributed by atoms with Gasteiger partial charge in [-0.15, -0.1) is 0 Å². The summed E-state index contributed by atoms with van der Waals surface area (Å²) in [6.07, 6.45) is 0. The normalized spacial score (nSPS) is 13.4. The van der Waals surface area contributed by atoms with Gasteiger partial charge in [0.25, 0.3) is 0 Å². The smallest absolute Gasteiger partial charge is 0.304 e. The van der Waals surface area contributed by atoms with Gasteiger partial charge in [0.15, 0.2) is 0 Å². The van der Waals surface area contributed by atoms with Crippen LogP contribution in [0.4, 0.5) is 10.1 Å². The van der Waals surface area contributed by atoms with Crippen LogP contribution in [-0.4, -0.2) is 44.5 Å². The molecule has 0 N–H and O–H groups in total. The van der Waals surface area contributed by atoms with E-state index in [1.807, 2.05) is 0 Å². The number of halogens is 1. The number of nitrogens with zero attached hydrogens (tertiary/aromatic N) is 2. The number of hydrogen-bond donors (Lipinski definition) is 0. The van der Waals surface area contributed by atoms with Gasteiger partial charge in [-0.1, -0.05) is 0 Å². The second-order valence-electron chi connectivity index (χ2n) is 4.20. The zero-order chi connectivity index (χ0) is 15.5. The van der Waals surface area contributed by atoms with E-state index in [4.69, 9.17) is 4.74 Å². The van der Waals surface area contributed by atoms with Crippen molar-refractivity contribution in [3.05, 3.63) is 34.1 Å². The molecule has 7 nitrogen and oxygen atoms in total. The summed E-state index contributed by atoms with van der Waals surface area (Å²) in [5.41, 5.74) is -0.767. The fraction of sp³-hybridized carbons (Fsp3) is 0.455. The topological polar surface area (TPSA) is 89.8 Å². The molecule has 0 aliphatic rings. The molecule has 0 aromatic heterocycles. The third kappa shape index (κ3) is 3.30. The van der Waals surface area contributed by atoms with Crippen LogP contribution in [0.15, 0.2) is 23.1 Å². The maximum atomic E-state index is 13.5. The quantitative estimate of drug-likeness (QED) is 0.585. The number of ether oxygens (including phenoxy) is 1. The Morgan fingerprint density at radius 2 is 2.10 bits per heavy atom. The predicted octanol–water partition coefficient (Wildman–Crippen LogP) is 1.39. The van der Waals surface area contributed by atoms with Gasteiger partial charge in [-0.25, -0.2) is 8.42 Å². The molecule has 0 aliphatic heterocycles. The molecule has 1 rings (SSSR count). The van der Waals surface area contributed by atoms with E-state index in [0.29, 0.717) is 6.07 Å². The number of nitro benzene ring substituents is 1. The maximum absolute atomic E-state index is 13.5. The first-order valence-corrected chi connectivity index (χ1v) is 7.06. The minimum absolute atomic E-state index is 0.172. The summed E-state index contributed by atoms with van der Waals surface area (Å²) in [5.74, 6) is -1.19. The number of rotatable bonds is 6. The Morgan fingerprint density at radius 3 is 2.55 bits per heavy atom. The zero-order valence-corrected chi connectivity index (χ0v) is 12.1. The number of likely N-dealkylation sites (N-methyl/N-ethyl adjacent to an activating group) is 1. The van der Waals surface area contributed by atoms with E-state index in [-0.39, 0.29) is 11.5 Å². The molecule has 9 heteroatoms. The van der Waals surface area contributed by atoms with Crippen molar-refractivity contribution in [2.75, 3.05) is 20.8 Å². The largest absolute Gasteiger partial charge is 0.383 e. The second kappa shape index (κ2) is 6.25. The predicted molar refractivity (Wildman–Crippen MR) is 69.3 cm³/mol. The van der Waals surface area contributed by atoms with Crippen molar-refractivity contribution in [3.63, 3.8) is 0 Å². The summed E-state index contributed by atoms with van der Waals surface area (Å²) in [4.78, 5) is 9.24. The standard InChI is InChI=1S/C11H15FN2O5S/c1-8(7-19-3)13(2)20(17,18)9-4-5-11(14(15)16)10(12)6-9/h4-6,8H,7H2,1-3H3. The molecule has 20 heavy (non-hydrogen) atoms. The van der Waals surface area contributed by atoms with E-state index in [2.05, 4.69) is 0 Å². The van der Waals surface area contributed by atoms with Crippen molar-refractivity contribution in [1.82, 2.24) is 4.31 Å². The van der Waals surface area contributed by atoms with Crippen molar-refractivity contribution < 1.29 is 22.5 Å². The van der Waals surface area contributed by atoms with Crippen LogP contribution >= 0.6 is 0 Å². The highest BCUT2D eigenvalue weighted by atomic mass is 32.2. The minimum Gasteiger partial charge on any atom is -0.383 e. The highest BCUT2D eigenvalue weighted by molar-refractivity contribution is 7.89. The summed E-state index contributed by atoms with van der Waals surface area (Å²) in [6.45, 7) is 1.80. The highest BCUT2D eigenvalue weighted by Crippen LogP contribution is 2.23. The lowest BCUT2D eigenvalue weighted by Crippen LogP contribution is -2.37. The Labute approximate surface area is 116 Å². The lowest BCUT2D eigenvalue weighted by atomic mass is 10.3. The average molecular weight is 306 g/mol. The Hall–Kier alpha value is -1.58. The molecule has 0 saturated heterocycles. The van der Waals surface area contributed by atoms with Gasteiger partial charge in [-0.05, 0) is 13.0 Å². The monoisotopic (exact) mass is 306 g/mol. The molecule has 0 spiro atoms. The molecular weight excluding hydrogens is 291 g/mol. The van der Waals surface area contributed by atoms with E-state index >= 15 is 0 Å². The van der Waals surface area contributed by atoms with Crippen LogP contribution in [0.5, 0.6) is 0 Å². The second-order valence-corrected chi connectivity index (χ2v) is 6.19. The van der Waals surface area contributed by atoms with Gasteiger partial charge in [0.05, 0.1) is 16.4 Å². The Morgan fingerprint density at radius 1 is 1.50 bits per heavy atom. The van der Waals surface area contributed by atoms with Crippen LogP contribution in [0.3, 0.4) is 0 Å². The Balaban J connectivity index is 3.16. The summed E-state index contributed by atoms with van der Waals surface area (Å²) >= 11 is 0. The SMILES string of the molecule is COCC(C)N(C)S(=O)(=O)c1ccc([N+](=O)[O-])c(F)c1. The molecule has 0 saturated carbocycles. The third-order valence-electron chi connectivity index (χ3n) is 2.82. The summed E-state index contributed by atoms with van der Waals surface area (Å²) in [5, 5.41) is 10.5. The van der Waals surface area contributed by atoms with Crippen LogP contribution in [0, 0.1) is 15.9 Å². The van der Waals surface area contributed by atoms with Gasteiger partial charge in [0.2, 0.25) is 15.8 Å². The van der Waals surface area contributed by atoms with E-state index in [0.717, 1.165) is 16.4 Å². The molecule has 0 heterocycles. The number of sulfonamides is 1. The number of nitro groups is 1. The summed E-state index contributed by atoms with van der Waals surface area (Å²) in [7, 11) is -1.17. The highest BCUT2D eigenvalue weighted by Gasteiger charge is 2.27. The molecule has 112 valence electrons. The first kappa shape index (κ1) is 16.5. The molecule has 0 amide bonds. The molecule has 1 atom stereocenters. The number of benzene rings is 1. The van der Waals surface area contributed by atoms with Crippen molar-refractivity contribution in [2.45, 2.75) is 17.9 Å². The molecule has 0 bridgehead atoms. The first-order chi connectivity index (χ1) is 9.21. The van der Waals surface area contributed by atoms with Crippen LogP contribution in [-0.2, 0) is 14.8 Å². The van der Waals surface area contributed by atoms with E-state index < -0.39 is 32.5 Å². The average Bonchev–Trinajstić information content (AvgIpc) is 2.37. The molecule has 0 aliphatic carbocycles. The number of hydrogen-bond acceptors (Lipinski definition) is 5. The van der Waals surface area contributed by atoms with Crippen LogP contribution in [0.2, 0.25) is 0 Å². The molecule has 1 aromatic rings. The maximum Gasteiger partial charge on any atom is 0.304 e. The van der Waals surface area contributed by atoms with Crippen molar-refractivity contribution in [1.29, 1.82) is 0 Å². The van der Waals surface area contributed by atoms with Crippen molar-refractivity contribution in [2.24, 2.45) is 0 Å². The van der Waals surface area contributed by atoms with Gasteiger partial charge in [-0.2, -0.15) is 8.70 Å². The zero-order valence-electron chi connectivity index (χ0n) is 11.2. The third-order valence-corrected chi connectivity index (χ3v) is 4.79. The van der Waals surface area contributed by atoms with Gasteiger partial charge in [0, 0.05) is 32.3 Å². The fourth-order valence-electron chi connectivity index (χ4n) is 1.55. The lowest BCUT2D eigenvalue weighted by Gasteiger charge is -2.23. The molecule has 1 aromatic carbocycles. The first-order valence-electron chi connectivity index (χ1n) is 5.62. The van der Waals surface area contributed by atoms with E-state index in [9.17, 15) is 22.9 Å². The van der Waals surface area contributed by atoms with Gasteiger partial charge < -0.3 is 4.74 Å². The Kier molecular flexibility index (Phi) is 5.15.